The number of unbranched alkanes of at least 4 members (excludes halogenated alkanes) is 2. The van der Waals surface area contributed by atoms with Crippen LogP contribution >= 0.6 is 0 Å². The van der Waals surface area contributed by atoms with E-state index in [0.717, 1.165) is 31.4 Å². The van der Waals surface area contributed by atoms with E-state index in [2.05, 4.69) is 0 Å². The van der Waals surface area contributed by atoms with Crippen LogP contribution in [0, 0.1) is 5.82 Å². The highest BCUT2D eigenvalue weighted by molar-refractivity contribution is 6.07. The summed E-state index contributed by atoms with van der Waals surface area (Å²) in [6.45, 7) is 2.35. The molecule has 5 N–H and O–H groups in total. The standard InChI is InChI=1S/C19H21FN2O6/c1-2-3-4-7-28-9-10-8-11(20)5-6-12(10)13-14(18(24)25)16(21)22-17(23)15(13)19(26)27/h5-6,8H,2-4,7,9H2,1H3,(H,24,25)(H,26,27)(H3,21,22,23). The zero-order valence-corrected chi connectivity index (χ0v) is 15.3. The molecular formula is C19H21FN2O6. The van der Waals surface area contributed by atoms with Crippen molar-refractivity contribution in [2.24, 2.45) is 0 Å². The van der Waals surface area contributed by atoms with Crippen LogP contribution in [0.5, 0.6) is 0 Å². The third kappa shape index (κ3) is 4.55. The molecule has 0 fully saturated rings. The number of nitrogens with one attached hydrogen (secondary N) is 1. The van der Waals surface area contributed by atoms with Gasteiger partial charge in [-0.3, -0.25) is 4.79 Å². The van der Waals surface area contributed by atoms with Crippen molar-refractivity contribution in [3.63, 3.8) is 0 Å². The van der Waals surface area contributed by atoms with E-state index in [-0.39, 0.29) is 23.3 Å². The second-order valence-corrected chi connectivity index (χ2v) is 6.16. The molecule has 0 unspecified atom stereocenters. The van der Waals surface area contributed by atoms with Gasteiger partial charge in [0.25, 0.3) is 5.56 Å². The molecule has 0 aliphatic heterocycles. The van der Waals surface area contributed by atoms with Crippen molar-refractivity contribution in [2.75, 3.05) is 12.3 Å². The lowest BCUT2D eigenvalue weighted by Gasteiger charge is -2.16. The summed E-state index contributed by atoms with van der Waals surface area (Å²) in [5, 5.41) is 19.0. The molecule has 0 saturated carbocycles. The van der Waals surface area contributed by atoms with E-state index in [0.29, 0.717) is 6.61 Å². The van der Waals surface area contributed by atoms with Gasteiger partial charge in [0.15, 0.2) is 0 Å². The molecule has 0 aliphatic rings. The molecule has 0 bridgehead atoms. The topological polar surface area (TPSA) is 143 Å². The van der Waals surface area contributed by atoms with Crippen molar-refractivity contribution in [3.8, 4) is 11.1 Å². The van der Waals surface area contributed by atoms with Crippen molar-refractivity contribution in [3.05, 3.63) is 51.1 Å². The largest absolute Gasteiger partial charge is 0.478 e. The van der Waals surface area contributed by atoms with Crippen molar-refractivity contribution in [1.29, 1.82) is 0 Å². The van der Waals surface area contributed by atoms with Crippen molar-refractivity contribution in [1.82, 2.24) is 4.98 Å². The van der Waals surface area contributed by atoms with Gasteiger partial charge < -0.3 is 25.7 Å². The Kier molecular flexibility index (Phi) is 6.89. The fraction of sp³-hybridized carbons (Fsp3) is 0.316. The van der Waals surface area contributed by atoms with E-state index in [1.165, 1.54) is 6.07 Å². The molecule has 0 atom stereocenters. The third-order valence-electron chi connectivity index (χ3n) is 4.16. The number of benzene rings is 1. The minimum absolute atomic E-state index is 0.0597. The van der Waals surface area contributed by atoms with E-state index >= 15 is 0 Å². The van der Waals surface area contributed by atoms with Gasteiger partial charge in [0.05, 0.1) is 6.61 Å². The molecule has 8 nitrogen and oxygen atoms in total. The van der Waals surface area contributed by atoms with E-state index in [4.69, 9.17) is 10.5 Å². The number of ether oxygens (including phenoxy) is 1. The summed E-state index contributed by atoms with van der Waals surface area (Å²) in [5.41, 5.74) is 3.11. The second-order valence-electron chi connectivity index (χ2n) is 6.16. The number of halogens is 1. The van der Waals surface area contributed by atoms with Gasteiger partial charge in [-0.15, -0.1) is 0 Å². The zero-order valence-electron chi connectivity index (χ0n) is 15.3. The Labute approximate surface area is 159 Å². The summed E-state index contributed by atoms with van der Waals surface area (Å²) >= 11 is 0. The summed E-state index contributed by atoms with van der Waals surface area (Å²) in [5.74, 6) is -4.25. The minimum atomic E-state index is -1.63. The number of carboxylic acids is 2. The third-order valence-corrected chi connectivity index (χ3v) is 4.16. The quantitative estimate of drug-likeness (QED) is 0.481. The number of pyridine rings is 1. The maximum atomic E-state index is 13.8. The molecule has 0 radical (unpaired) electrons. The van der Waals surface area contributed by atoms with Crippen LogP contribution in [0.2, 0.25) is 0 Å². The number of nitrogens with two attached hydrogens (primary N) is 1. The Bertz CT molecular complexity index is 954. The Hall–Kier alpha value is -3.20. The lowest BCUT2D eigenvalue weighted by atomic mass is 9.92. The number of carbonyl (C=O) groups is 2. The van der Waals surface area contributed by atoms with Crippen molar-refractivity contribution >= 4 is 17.8 Å². The molecular weight excluding hydrogens is 371 g/mol. The lowest BCUT2D eigenvalue weighted by Crippen LogP contribution is -2.24. The van der Waals surface area contributed by atoms with Crippen LogP contribution in [-0.2, 0) is 11.3 Å². The molecule has 1 heterocycles. The highest BCUT2D eigenvalue weighted by atomic mass is 19.1. The molecule has 0 spiro atoms. The van der Waals surface area contributed by atoms with Gasteiger partial charge in [-0.1, -0.05) is 25.8 Å². The van der Waals surface area contributed by atoms with Crippen LogP contribution in [0.15, 0.2) is 23.0 Å². The predicted molar refractivity (Wildman–Crippen MR) is 100.0 cm³/mol. The fourth-order valence-corrected chi connectivity index (χ4v) is 2.88. The van der Waals surface area contributed by atoms with Crippen LogP contribution in [0.4, 0.5) is 10.2 Å². The van der Waals surface area contributed by atoms with Crippen LogP contribution < -0.4 is 11.3 Å². The number of hydrogen-bond acceptors (Lipinski definition) is 5. The summed E-state index contributed by atoms with van der Waals surface area (Å²) in [7, 11) is 0. The number of aromatic amines is 1. The number of rotatable bonds is 9. The van der Waals surface area contributed by atoms with E-state index in [9.17, 15) is 29.0 Å². The number of anilines is 1. The molecule has 28 heavy (non-hydrogen) atoms. The number of aromatic carboxylic acids is 2. The first-order valence-corrected chi connectivity index (χ1v) is 8.66. The molecule has 0 saturated heterocycles. The first kappa shape index (κ1) is 21.1. The summed E-state index contributed by atoms with van der Waals surface area (Å²) in [6.07, 6.45) is 2.73. The molecule has 2 rings (SSSR count). The first-order valence-electron chi connectivity index (χ1n) is 8.66. The minimum Gasteiger partial charge on any atom is -0.478 e. The Morgan fingerprint density at radius 1 is 1.18 bits per heavy atom. The lowest BCUT2D eigenvalue weighted by molar-refractivity contribution is 0.0695. The molecule has 0 amide bonds. The summed E-state index contributed by atoms with van der Waals surface area (Å²) < 4.78 is 19.3. The van der Waals surface area contributed by atoms with E-state index in [1.807, 2.05) is 11.9 Å². The Morgan fingerprint density at radius 2 is 1.86 bits per heavy atom. The number of hydrogen-bond donors (Lipinski definition) is 4. The number of aromatic nitrogens is 1. The van der Waals surface area contributed by atoms with Crippen LogP contribution in [0.3, 0.4) is 0 Å². The zero-order chi connectivity index (χ0) is 20.8. The van der Waals surface area contributed by atoms with Crippen LogP contribution in [0.25, 0.3) is 11.1 Å². The normalized spacial score (nSPS) is 10.8. The van der Waals surface area contributed by atoms with Gasteiger partial charge >= 0.3 is 11.9 Å². The molecule has 1 aromatic heterocycles. The average Bonchev–Trinajstić information content (AvgIpc) is 2.60. The maximum absolute atomic E-state index is 13.8. The fourth-order valence-electron chi connectivity index (χ4n) is 2.88. The molecule has 9 heteroatoms. The SMILES string of the molecule is CCCCCOCc1cc(F)ccc1-c1c(C(=O)O)c(N)[nH]c(=O)c1C(=O)O. The number of nitrogen functional groups attached to an aromatic ring is 1. The van der Waals surface area contributed by atoms with Crippen LogP contribution in [-0.4, -0.2) is 33.7 Å². The second kappa shape index (κ2) is 9.14. The van der Waals surface area contributed by atoms with E-state index in [1.54, 1.807) is 0 Å². The maximum Gasteiger partial charge on any atom is 0.342 e. The monoisotopic (exact) mass is 392 g/mol. The molecule has 2 aromatic rings. The van der Waals surface area contributed by atoms with Crippen molar-refractivity contribution in [2.45, 2.75) is 32.8 Å². The predicted octanol–water partition coefficient (Wildman–Crippen LogP) is 2.87. The Morgan fingerprint density at radius 3 is 2.46 bits per heavy atom. The van der Waals surface area contributed by atoms with Crippen molar-refractivity contribution < 1.29 is 28.9 Å². The molecule has 150 valence electrons. The smallest absolute Gasteiger partial charge is 0.342 e. The van der Waals surface area contributed by atoms with Gasteiger partial charge in [0.1, 0.15) is 22.8 Å². The average molecular weight is 392 g/mol. The van der Waals surface area contributed by atoms with Gasteiger partial charge in [-0.2, -0.15) is 0 Å². The highest BCUT2D eigenvalue weighted by Crippen LogP contribution is 2.32. The number of H-pyrrole nitrogens is 1. The Balaban J connectivity index is 2.65. The number of carboxylic acid groups (broad SMARTS) is 2. The highest BCUT2D eigenvalue weighted by Gasteiger charge is 2.28. The summed E-state index contributed by atoms with van der Waals surface area (Å²) in [6, 6.07) is 3.38. The molecule has 0 aliphatic carbocycles. The van der Waals surface area contributed by atoms with Gasteiger partial charge in [0, 0.05) is 12.2 Å². The van der Waals surface area contributed by atoms with E-state index < -0.39 is 40.3 Å². The molecule has 1 aromatic carbocycles. The van der Waals surface area contributed by atoms with Gasteiger partial charge in [-0.05, 0) is 29.7 Å². The van der Waals surface area contributed by atoms with Crippen LogP contribution in [0.1, 0.15) is 52.5 Å². The van der Waals surface area contributed by atoms with Gasteiger partial charge in [0.2, 0.25) is 0 Å². The first-order chi connectivity index (χ1) is 13.3. The van der Waals surface area contributed by atoms with Gasteiger partial charge in [-0.25, -0.2) is 14.0 Å². The summed E-state index contributed by atoms with van der Waals surface area (Å²) in [4.78, 5) is 37.5.